The van der Waals surface area contributed by atoms with Gasteiger partial charge in [0.25, 0.3) is 5.69 Å². The Kier molecular flexibility index (Phi) is 3.53. The first-order valence-electron chi connectivity index (χ1n) is 5.32. The van der Waals surface area contributed by atoms with Crippen molar-refractivity contribution in [2.45, 2.75) is 6.92 Å². The van der Waals surface area contributed by atoms with Gasteiger partial charge in [-0.3, -0.25) is 10.1 Å². The molecule has 1 heterocycles. The summed E-state index contributed by atoms with van der Waals surface area (Å²) in [5.74, 6) is 6.20. The molecule has 0 amide bonds. The fourth-order valence-electron chi connectivity index (χ4n) is 1.50. The van der Waals surface area contributed by atoms with Crippen LogP contribution >= 0.6 is 0 Å². The van der Waals surface area contributed by atoms with E-state index in [4.69, 9.17) is 10.6 Å². The molecule has 0 aliphatic heterocycles. The minimum absolute atomic E-state index is 0.0104. The Hall–Kier alpha value is -2.74. The highest BCUT2D eigenvalue weighted by Crippen LogP contribution is 2.30. The summed E-state index contributed by atoms with van der Waals surface area (Å²) in [7, 11) is 0. The Morgan fingerprint density at radius 3 is 2.89 bits per heavy atom. The number of nitrogens with one attached hydrogen (secondary N) is 1. The topological polar surface area (TPSA) is 116 Å². The van der Waals surface area contributed by atoms with Gasteiger partial charge in [0.05, 0.1) is 10.5 Å². The molecule has 2 rings (SSSR count). The van der Waals surface area contributed by atoms with Crippen LogP contribution in [0.2, 0.25) is 0 Å². The molecule has 1 aromatic carbocycles. The van der Waals surface area contributed by atoms with Crippen LogP contribution in [-0.4, -0.2) is 14.9 Å². The number of nitrogens with two attached hydrogens (primary N) is 1. The molecule has 3 N–H and O–H groups in total. The van der Waals surface area contributed by atoms with Crippen molar-refractivity contribution in [1.82, 2.24) is 9.97 Å². The summed E-state index contributed by atoms with van der Waals surface area (Å²) in [5.41, 5.74) is 2.77. The molecule has 0 spiro atoms. The number of nitro benzene ring substituents is 1. The maximum atomic E-state index is 10.8. The normalized spacial score (nSPS) is 10.0. The molecule has 0 saturated carbocycles. The minimum Gasteiger partial charge on any atom is -0.438 e. The molecule has 8 heteroatoms. The first-order valence-corrected chi connectivity index (χ1v) is 5.32. The number of nitrogens with zero attached hydrogens (tertiary/aromatic N) is 3. The third kappa shape index (κ3) is 2.75. The number of hydrazine groups is 1. The predicted octanol–water partition coefficient (Wildman–Crippen LogP) is 1.77. The molecule has 0 aliphatic rings. The van der Waals surface area contributed by atoms with Crippen molar-refractivity contribution in [2.75, 3.05) is 5.43 Å². The molecule has 8 nitrogen and oxygen atoms in total. The molecule has 2 aromatic rings. The standard InChI is InChI=1S/C11H11N5O3/c1-7-8(16(17)18)3-2-4-9(7)19-11-5-10(15-12)13-6-14-11/h2-6H,12H2,1H3,(H,13,14,15). The number of hydrogen-bond donors (Lipinski definition) is 2. The first kappa shape index (κ1) is 12.7. The van der Waals surface area contributed by atoms with Crippen molar-refractivity contribution >= 4 is 11.5 Å². The summed E-state index contributed by atoms with van der Waals surface area (Å²) < 4.78 is 5.49. The Bertz CT molecular complexity index is 617. The van der Waals surface area contributed by atoms with Gasteiger partial charge in [-0.2, -0.15) is 0 Å². The number of hydrogen-bond acceptors (Lipinski definition) is 7. The monoisotopic (exact) mass is 261 g/mol. The molecule has 0 unspecified atom stereocenters. The average molecular weight is 261 g/mol. The second-order valence-corrected chi connectivity index (χ2v) is 3.65. The molecule has 0 bridgehead atoms. The van der Waals surface area contributed by atoms with Crippen molar-refractivity contribution < 1.29 is 9.66 Å². The molecule has 0 radical (unpaired) electrons. The van der Waals surface area contributed by atoms with Gasteiger partial charge in [0, 0.05) is 12.1 Å². The van der Waals surface area contributed by atoms with E-state index in [1.54, 1.807) is 19.1 Å². The van der Waals surface area contributed by atoms with E-state index in [1.807, 2.05) is 0 Å². The van der Waals surface area contributed by atoms with Gasteiger partial charge < -0.3 is 10.2 Å². The van der Waals surface area contributed by atoms with Crippen LogP contribution in [0.1, 0.15) is 5.56 Å². The van der Waals surface area contributed by atoms with Gasteiger partial charge in [-0.25, -0.2) is 15.8 Å². The van der Waals surface area contributed by atoms with Crippen LogP contribution < -0.4 is 16.0 Å². The largest absolute Gasteiger partial charge is 0.438 e. The third-order valence-electron chi connectivity index (χ3n) is 2.46. The maximum absolute atomic E-state index is 10.8. The summed E-state index contributed by atoms with van der Waals surface area (Å²) in [6.07, 6.45) is 1.28. The van der Waals surface area contributed by atoms with Crippen molar-refractivity contribution in [3.63, 3.8) is 0 Å². The number of rotatable bonds is 4. The molecule has 98 valence electrons. The van der Waals surface area contributed by atoms with E-state index in [0.29, 0.717) is 17.1 Å². The van der Waals surface area contributed by atoms with Crippen molar-refractivity contribution in [3.8, 4) is 11.6 Å². The van der Waals surface area contributed by atoms with E-state index in [-0.39, 0.29) is 11.6 Å². The number of anilines is 1. The van der Waals surface area contributed by atoms with Crippen molar-refractivity contribution in [1.29, 1.82) is 0 Å². The minimum atomic E-state index is -0.463. The molecule has 0 saturated heterocycles. The van der Waals surface area contributed by atoms with Crippen LogP contribution in [0.25, 0.3) is 0 Å². The molecule has 0 fully saturated rings. The lowest BCUT2D eigenvalue weighted by molar-refractivity contribution is -0.385. The van der Waals surface area contributed by atoms with E-state index in [9.17, 15) is 10.1 Å². The molecular weight excluding hydrogens is 250 g/mol. The van der Waals surface area contributed by atoms with E-state index in [0.717, 1.165) is 0 Å². The zero-order valence-electron chi connectivity index (χ0n) is 10.0. The highest BCUT2D eigenvalue weighted by atomic mass is 16.6. The van der Waals surface area contributed by atoms with E-state index >= 15 is 0 Å². The van der Waals surface area contributed by atoms with Gasteiger partial charge in [0.2, 0.25) is 5.88 Å². The second-order valence-electron chi connectivity index (χ2n) is 3.65. The average Bonchev–Trinajstić information content (AvgIpc) is 2.41. The van der Waals surface area contributed by atoms with Crippen LogP contribution in [0.4, 0.5) is 11.5 Å². The fourth-order valence-corrected chi connectivity index (χ4v) is 1.50. The number of nitro groups is 1. The second kappa shape index (κ2) is 5.27. The van der Waals surface area contributed by atoms with E-state index in [1.165, 1.54) is 18.5 Å². The number of aromatic nitrogens is 2. The lowest BCUT2D eigenvalue weighted by Crippen LogP contribution is -2.08. The van der Waals surface area contributed by atoms with Gasteiger partial charge >= 0.3 is 0 Å². The summed E-state index contributed by atoms with van der Waals surface area (Å²) in [5, 5.41) is 10.8. The van der Waals surface area contributed by atoms with E-state index in [2.05, 4.69) is 15.4 Å². The predicted molar refractivity (Wildman–Crippen MR) is 67.7 cm³/mol. The molecule has 1 aromatic heterocycles. The molecule has 0 atom stereocenters. The Morgan fingerprint density at radius 1 is 1.42 bits per heavy atom. The van der Waals surface area contributed by atoms with Crippen LogP contribution in [0, 0.1) is 17.0 Å². The zero-order valence-corrected chi connectivity index (χ0v) is 10.0. The lowest BCUT2D eigenvalue weighted by atomic mass is 10.2. The smallest absolute Gasteiger partial charge is 0.276 e. The Balaban J connectivity index is 2.33. The number of ether oxygens (including phenoxy) is 1. The van der Waals surface area contributed by atoms with Crippen LogP contribution in [0.5, 0.6) is 11.6 Å². The summed E-state index contributed by atoms with van der Waals surface area (Å²) >= 11 is 0. The van der Waals surface area contributed by atoms with Gasteiger partial charge in [-0.1, -0.05) is 6.07 Å². The Labute approximate surface area is 108 Å². The van der Waals surface area contributed by atoms with Gasteiger partial charge in [-0.15, -0.1) is 0 Å². The first-order chi connectivity index (χ1) is 9.11. The Morgan fingerprint density at radius 2 is 2.21 bits per heavy atom. The van der Waals surface area contributed by atoms with Crippen LogP contribution in [0.3, 0.4) is 0 Å². The van der Waals surface area contributed by atoms with Gasteiger partial charge in [0.15, 0.2) is 0 Å². The van der Waals surface area contributed by atoms with Crippen LogP contribution in [-0.2, 0) is 0 Å². The van der Waals surface area contributed by atoms with Gasteiger partial charge in [-0.05, 0) is 13.0 Å². The van der Waals surface area contributed by atoms with E-state index < -0.39 is 4.92 Å². The molecule has 0 aliphatic carbocycles. The lowest BCUT2D eigenvalue weighted by Gasteiger charge is -2.08. The quantitative estimate of drug-likeness (QED) is 0.489. The molecular formula is C11H11N5O3. The van der Waals surface area contributed by atoms with Crippen molar-refractivity contribution in [2.24, 2.45) is 5.84 Å². The maximum Gasteiger partial charge on any atom is 0.276 e. The number of benzene rings is 1. The van der Waals surface area contributed by atoms with Crippen LogP contribution in [0.15, 0.2) is 30.6 Å². The highest BCUT2D eigenvalue weighted by molar-refractivity contribution is 5.49. The fraction of sp³-hybridized carbons (Fsp3) is 0.0909. The number of nitrogen functional groups attached to an aromatic ring is 1. The summed E-state index contributed by atoms with van der Waals surface area (Å²) in [4.78, 5) is 18.1. The molecule has 19 heavy (non-hydrogen) atoms. The van der Waals surface area contributed by atoms with Crippen molar-refractivity contribution in [3.05, 3.63) is 46.3 Å². The SMILES string of the molecule is Cc1c(Oc2cc(NN)ncn2)cccc1[N+](=O)[O-]. The zero-order chi connectivity index (χ0) is 13.8. The van der Waals surface area contributed by atoms with Gasteiger partial charge in [0.1, 0.15) is 17.9 Å². The third-order valence-corrected chi connectivity index (χ3v) is 2.46. The highest BCUT2D eigenvalue weighted by Gasteiger charge is 2.15. The summed E-state index contributed by atoms with van der Waals surface area (Å²) in [6.45, 7) is 1.61. The summed E-state index contributed by atoms with van der Waals surface area (Å²) in [6, 6.07) is 6.07.